The lowest BCUT2D eigenvalue weighted by molar-refractivity contribution is 0.847. The molecule has 0 aliphatic carbocycles. The SMILES string of the molecule is CC(N)CSc1ccccc1Br. The first kappa shape index (κ1) is 10.1. The minimum atomic E-state index is 0.252. The molecule has 1 rings (SSSR count). The lowest BCUT2D eigenvalue weighted by Gasteiger charge is -2.05. The number of hydrogen-bond acceptors (Lipinski definition) is 2. The fourth-order valence-corrected chi connectivity index (χ4v) is 2.23. The highest BCUT2D eigenvalue weighted by Crippen LogP contribution is 2.26. The Morgan fingerprint density at radius 3 is 2.75 bits per heavy atom. The number of halogens is 1. The molecule has 0 saturated heterocycles. The second-order valence-electron chi connectivity index (χ2n) is 2.72. The van der Waals surface area contributed by atoms with E-state index in [0.29, 0.717) is 0 Å². The fraction of sp³-hybridized carbons (Fsp3) is 0.333. The van der Waals surface area contributed by atoms with Crippen LogP contribution in [0.1, 0.15) is 6.92 Å². The third-order valence-corrected chi connectivity index (χ3v) is 3.65. The van der Waals surface area contributed by atoms with E-state index in [-0.39, 0.29) is 6.04 Å². The summed E-state index contributed by atoms with van der Waals surface area (Å²) in [6.07, 6.45) is 0. The van der Waals surface area contributed by atoms with Crippen molar-refractivity contribution in [1.82, 2.24) is 0 Å². The third kappa shape index (κ3) is 3.17. The van der Waals surface area contributed by atoms with Crippen LogP contribution in [0.2, 0.25) is 0 Å². The minimum absolute atomic E-state index is 0.252. The Labute approximate surface area is 85.9 Å². The maximum Gasteiger partial charge on any atom is 0.0311 e. The van der Waals surface area contributed by atoms with Crippen LogP contribution >= 0.6 is 27.7 Å². The zero-order valence-electron chi connectivity index (χ0n) is 6.96. The first-order chi connectivity index (χ1) is 5.70. The Balaban J connectivity index is 2.57. The van der Waals surface area contributed by atoms with E-state index in [4.69, 9.17) is 5.73 Å². The van der Waals surface area contributed by atoms with E-state index in [1.54, 1.807) is 11.8 Å². The van der Waals surface area contributed by atoms with Crippen LogP contribution in [0.4, 0.5) is 0 Å². The lowest BCUT2D eigenvalue weighted by atomic mass is 10.4. The smallest absolute Gasteiger partial charge is 0.0311 e. The number of rotatable bonds is 3. The molecule has 0 fully saturated rings. The van der Waals surface area contributed by atoms with Crippen LogP contribution in [0.15, 0.2) is 33.6 Å². The second kappa shape index (κ2) is 4.90. The van der Waals surface area contributed by atoms with Gasteiger partial charge in [-0.05, 0) is 35.0 Å². The van der Waals surface area contributed by atoms with E-state index >= 15 is 0 Å². The summed E-state index contributed by atoms with van der Waals surface area (Å²) in [7, 11) is 0. The summed E-state index contributed by atoms with van der Waals surface area (Å²) in [6, 6.07) is 8.44. The van der Waals surface area contributed by atoms with Crippen molar-refractivity contribution in [3.05, 3.63) is 28.7 Å². The van der Waals surface area contributed by atoms with Crippen LogP contribution in [-0.4, -0.2) is 11.8 Å². The number of nitrogens with two attached hydrogens (primary N) is 1. The molecule has 1 nitrogen and oxygen atoms in total. The molecule has 1 unspecified atom stereocenters. The number of thioether (sulfide) groups is 1. The van der Waals surface area contributed by atoms with Crippen molar-refractivity contribution in [2.24, 2.45) is 5.73 Å². The van der Waals surface area contributed by atoms with Gasteiger partial charge < -0.3 is 5.73 Å². The fourth-order valence-electron chi connectivity index (χ4n) is 0.783. The van der Waals surface area contributed by atoms with Crippen LogP contribution in [0.5, 0.6) is 0 Å². The molecule has 1 aromatic carbocycles. The van der Waals surface area contributed by atoms with Crippen molar-refractivity contribution in [1.29, 1.82) is 0 Å². The Morgan fingerprint density at radius 2 is 2.17 bits per heavy atom. The van der Waals surface area contributed by atoms with Gasteiger partial charge in [0.25, 0.3) is 0 Å². The molecule has 3 heteroatoms. The van der Waals surface area contributed by atoms with E-state index in [2.05, 4.69) is 22.0 Å². The minimum Gasteiger partial charge on any atom is -0.327 e. The predicted molar refractivity (Wildman–Crippen MR) is 58.5 cm³/mol. The zero-order valence-corrected chi connectivity index (χ0v) is 9.36. The van der Waals surface area contributed by atoms with Crippen LogP contribution < -0.4 is 5.73 Å². The highest BCUT2D eigenvalue weighted by molar-refractivity contribution is 9.10. The van der Waals surface area contributed by atoms with E-state index < -0.39 is 0 Å². The molecule has 0 spiro atoms. The van der Waals surface area contributed by atoms with Crippen molar-refractivity contribution in [2.45, 2.75) is 17.9 Å². The predicted octanol–water partition coefficient (Wildman–Crippen LogP) is 2.89. The van der Waals surface area contributed by atoms with Gasteiger partial charge in [0.05, 0.1) is 0 Å². The van der Waals surface area contributed by atoms with Crippen LogP contribution in [0.25, 0.3) is 0 Å². The maximum atomic E-state index is 5.65. The summed E-state index contributed by atoms with van der Waals surface area (Å²) in [5.41, 5.74) is 5.65. The molecule has 0 saturated carbocycles. The van der Waals surface area contributed by atoms with Gasteiger partial charge in [-0.3, -0.25) is 0 Å². The molecule has 66 valence electrons. The molecule has 1 aromatic rings. The molecule has 12 heavy (non-hydrogen) atoms. The highest BCUT2D eigenvalue weighted by atomic mass is 79.9. The summed E-state index contributed by atoms with van der Waals surface area (Å²) in [6.45, 7) is 2.02. The average molecular weight is 246 g/mol. The Kier molecular flexibility index (Phi) is 4.12. The van der Waals surface area contributed by atoms with E-state index in [9.17, 15) is 0 Å². The lowest BCUT2D eigenvalue weighted by Crippen LogP contribution is -2.17. The van der Waals surface area contributed by atoms with Crippen molar-refractivity contribution >= 4 is 27.7 Å². The molecule has 0 amide bonds. The van der Waals surface area contributed by atoms with Crippen LogP contribution in [0.3, 0.4) is 0 Å². The van der Waals surface area contributed by atoms with Gasteiger partial charge in [-0.25, -0.2) is 0 Å². The quantitative estimate of drug-likeness (QED) is 0.830. The molecule has 0 aliphatic rings. The molecule has 2 N–H and O–H groups in total. The van der Waals surface area contributed by atoms with Crippen LogP contribution in [-0.2, 0) is 0 Å². The van der Waals surface area contributed by atoms with Crippen molar-refractivity contribution < 1.29 is 0 Å². The van der Waals surface area contributed by atoms with E-state index in [1.165, 1.54) is 4.90 Å². The Hall–Kier alpha value is 0.01000. The summed E-state index contributed by atoms with van der Waals surface area (Å²) in [4.78, 5) is 1.26. The van der Waals surface area contributed by atoms with Gasteiger partial charge in [0.15, 0.2) is 0 Å². The van der Waals surface area contributed by atoms with Gasteiger partial charge in [-0.2, -0.15) is 0 Å². The molecule has 0 bridgehead atoms. The summed E-state index contributed by atoms with van der Waals surface area (Å²) < 4.78 is 1.15. The van der Waals surface area contributed by atoms with Gasteiger partial charge in [0, 0.05) is 21.2 Å². The summed E-state index contributed by atoms with van der Waals surface area (Å²) in [5, 5.41) is 0. The average Bonchev–Trinajstić information content (AvgIpc) is 2.03. The first-order valence-electron chi connectivity index (χ1n) is 3.83. The zero-order chi connectivity index (χ0) is 8.97. The van der Waals surface area contributed by atoms with E-state index in [1.807, 2.05) is 25.1 Å². The molecular formula is C9H12BrNS. The third-order valence-electron chi connectivity index (χ3n) is 1.34. The topological polar surface area (TPSA) is 26.0 Å². The Bertz CT molecular complexity index is 250. The molecule has 0 radical (unpaired) electrons. The van der Waals surface area contributed by atoms with Gasteiger partial charge in [-0.15, -0.1) is 11.8 Å². The van der Waals surface area contributed by atoms with E-state index in [0.717, 1.165) is 10.2 Å². The Morgan fingerprint density at radius 1 is 1.50 bits per heavy atom. The normalized spacial score (nSPS) is 12.9. The molecule has 0 aromatic heterocycles. The number of benzene rings is 1. The van der Waals surface area contributed by atoms with Gasteiger partial charge in [-0.1, -0.05) is 12.1 Å². The van der Waals surface area contributed by atoms with Gasteiger partial charge >= 0.3 is 0 Å². The van der Waals surface area contributed by atoms with Crippen molar-refractivity contribution in [2.75, 3.05) is 5.75 Å². The summed E-state index contributed by atoms with van der Waals surface area (Å²) >= 11 is 5.27. The molecule has 1 atom stereocenters. The highest BCUT2D eigenvalue weighted by Gasteiger charge is 2.00. The molecular weight excluding hydrogens is 234 g/mol. The maximum absolute atomic E-state index is 5.65. The summed E-state index contributed by atoms with van der Waals surface area (Å²) in [5.74, 6) is 0.961. The molecule has 0 aliphatic heterocycles. The van der Waals surface area contributed by atoms with Crippen molar-refractivity contribution in [3.8, 4) is 0 Å². The standard InChI is InChI=1S/C9H12BrNS/c1-7(11)6-12-9-5-3-2-4-8(9)10/h2-5,7H,6,11H2,1H3. The monoisotopic (exact) mass is 245 g/mol. The van der Waals surface area contributed by atoms with Gasteiger partial charge in [0.1, 0.15) is 0 Å². The molecule has 0 heterocycles. The van der Waals surface area contributed by atoms with Gasteiger partial charge in [0.2, 0.25) is 0 Å². The first-order valence-corrected chi connectivity index (χ1v) is 5.61. The van der Waals surface area contributed by atoms with Crippen LogP contribution in [0, 0.1) is 0 Å². The second-order valence-corrected chi connectivity index (χ2v) is 4.63. The largest absolute Gasteiger partial charge is 0.327 e. The number of hydrogen-bond donors (Lipinski definition) is 1. The van der Waals surface area contributed by atoms with Crippen molar-refractivity contribution in [3.63, 3.8) is 0 Å².